The summed E-state index contributed by atoms with van der Waals surface area (Å²) in [6.07, 6.45) is 3.32. The molecule has 2 aromatic carbocycles. The molecule has 0 saturated heterocycles. The van der Waals surface area contributed by atoms with E-state index in [1.54, 1.807) is 0 Å². The van der Waals surface area contributed by atoms with Crippen molar-refractivity contribution in [3.8, 4) is 22.5 Å². The minimum atomic E-state index is -0.820. The van der Waals surface area contributed by atoms with Crippen LogP contribution in [-0.2, 0) is 19.3 Å². The predicted molar refractivity (Wildman–Crippen MR) is 143 cm³/mol. The molecule has 2 N–H and O–H groups in total. The molecule has 1 atom stereocenters. The van der Waals surface area contributed by atoms with Gasteiger partial charge in [-0.1, -0.05) is 49.4 Å². The molecule has 3 aromatic heterocycles. The molecule has 188 valence electrons. The minimum absolute atomic E-state index is 0.181. The van der Waals surface area contributed by atoms with Crippen molar-refractivity contribution in [3.63, 3.8) is 0 Å². The molecule has 1 aliphatic carbocycles. The van der Waals surface area contributed by atoms with Crippen molar-refractivity contribution in [3.05, 3.63) is 76.7 Å². The van der Waals surface area contributed by atoms with E-state index in [0.29, 0.717) is 12.2 Å². The van der Waals surface area contributed by atoms with E-state index in [1.165, 1.54) is 11.1 Å². The van der Waals surface area contributed by atoms with E-state index in [4.69, 9.17) is 9.97 Å². The molecule has 0 bridgehead atoms. The van der Waals surface area contributed by atoms with Gasteiger partial charge in [-0.25, -0.2) is 9.97 Å². The zero-order valence-electron chi connectivity index (χ0n) is 21.7. The van der Waals surface area contributed by atoms with Crippen molar-refractivity contribution in [2.45, 2.75) is 65.0 Å². The first-order valence-electron chi connectivity index (χ1n) is 12.9. The Morgan fingerprint density at radius 3 is 2.62 bits per heavy atom. The summed E-state index contributed by atoms with van der Waals surface area (Å²) in [7, 11) is 0. The van der Waals surface area contributed by atoms with Crippen LogP contribution in [0, 0.1) is 6.92 Å². The number of rotatable bonds is 6. The molecule has 8 nitrogen and oxygen atoms in total. The molecule has 6 rings (SSSR count). The molecular weight excluding hydrogens is 462 g/mol. The van der Waals surface area contributed by atoms with Gasteiger partial charge in [0.2, 0.25) is 5.82 Å². The maximum absolute atomic E-state index is 10.4. The van der Waals surface area contributed by atoms with Gasteiger partial charge >= 0.3 is 0 Å². The summed E-state index contributed by atoms with van der Waals surface area (Å²) in [5, 5.41) is 25.1. The topological polar surface area (TPSA) is 105 Å². The predicted octanol–water partition coefficient (Wildman–Crippen LogP) is 5.00. The summed E-state index contributed by atoms with van der Waals surface area (Å²) in [4.78, 5) is 10.0. The second-order valence-electron chi connectivity index (χ2n) is 10.6. The standard InChI is InChI=1S/C29H31N7O/c1-5-25-31-26-17(2)14-20(16-29(3,4)37)30-28(26)36(25)24-13-11-19-15-18(10-12-22(19)24)21-8-6-7-9-23(21)27-32-34-35-33-27/h6-10,12,14-15,24,37H,5,11,13,16H2,1-4H3,(H,32,33,34,35). The van der Waals surface area contributed by atoms with Crippen molar-refractivity contribution < 1.29 is 5.11 Å². The average molecular weight is 494 g/mol. The van der Waals surface area contributed by atoms with Gasteiger partial charge in [-0.2, -0.15) is 5.21 Å². The lowest BCUT2D eigenvalue weighted by Crippen LogP contribution is -2.22. The second kappa shape index (κ2) is 8.88. The zero-order chi connectivity index (χ0) is 25.7. The van der Waals surface area contributed by atoms with Crippen LogP contribution in [0.4, 0.5) is 0 Å². The zero-order valence-corrected chi connectivity index (χ0v) is 21.7. The smallest absolute Gasteiger partial charge is 0.205 e. The highest BCUT2D eigenvalue weighted by molar-refractivity contribution is 5.81. The van der Waals surface area contributed by atoms with Crippen LogP contribution in [0.2, 0.25) is 0 Å². The number of tetrazole rings is 1. The molecule has 3 heterocycles. The number of aliphatic hydroxyl groups is 1. The molecular formula is C29H31N7O. The maximum Gasteiger partial charge on any atom is 0.205 e. The van der Waals surface area contributed by atoms with Gasteiger partial charge in [0.1, 0.15) is 11.3 Å². The van der Waals surface area contributed by atoms with Crippen molar-refractivity contribution in [1.29, 1.82) is 0 Å². The molecule has 0 amide bonds. The van der Waals surface area contributed by atoms with E-state index in [9.17, 15) is 5.11 Å². The Kier molecular flexibility index (Phi) is 5.64. The Hall–Kier alpha value is -3.91. The van der Waals surface area contributed by atoms with Gasteiger partial charge in [-0.15, -0.1) is 10.2 Å². The highest BCUT2D eigenvalue weighted by Gasteiger charge is 2.29. The highest BCUT2D eigenvalue weighted by atomic mass is 16.3. The van der Waals surface area contributed by atoms with Gasteiger partial charge in [-0.3, -0.25) is 0 Å². The first-order valence-corrected chi connectivity index (χ1v) is 12.9. The van der Waals surface area contributed by atoms with Crippen molar-refractivity contribution >= 4 is 11.2 Å². The first-order chi connectivity index (χ1) is 17.8. The Labute approximate surface area is 215 Å². The summed E-state index contributed by atoms with van der Waals surface area (Å²) in [6.45, 7) is 7.89. The fourth-order valence-electron chi connectivity index (χ4n) is 5.67. The third-order valence-corrected chi connectivity index (χ3v) is 7.22. The van der Waals surface area contributed by atoms with Crippen LogP contribution in [-0.4, -0.2) is 45.9 Å². The van der Waals surface area contributed by atoms with E-state index in [2.05, 4.69) is 69.4 Å². The number of hydrogen-bond acceptors (Lipinski definition) is 6. The molecule has 1 aliphatic rings. The Morgan fingerprint density at radius 2 is 1.89 bits per heavy atom. The molecule has 0 aliphatic heterocycles. The fourth-order valence-corrected chi connectivity index (χ4v) is 5.67. The van der Waals surface area contributed by atoms with Crippen LogP contribution >= 0.6 is 0 Å². The number of aromatic nitrogens is 7. The van der Waals surface area contributed by atoms with Crippen molar-refractivity contribution in [1.82, 2.24) is 35.2 Å². The van der Waals surface area contributed by atoms with Crippen LogP contribution in [0.15, 0.2) is 48.5 Å². The van der Waals surface area contributed by atoms with E-state index in [0.717, 1.165) is 64.2 Å². The Morgan fingerprint density at radius 1 is 1.08 bits per heavy atom. The number of aryl methyl sites for hydroxylation is 3. The lowest BCUT2D eigenvalue weighted by molar-refractivity contribution is 0.0800. The summed E-state index contributed by atoms with van der Waals surface area (Å²) >= 11 is 0. The fraction of sp³-hybridized carbons (Fsp3) is 0.345. The van der Waals surface area contributed by atoms with Gasteiger partial charge < -0.3 is 9.67 Å². The van der Waals surface area contributed by atoms with E-state index in [1.807, 2.05) is 32.0 Å². The van der Waals surface area contributed by atoms with Crippen molar-refractivity contribution in [2.24, 2.45) is 0 Å². The first kappa shape index (κ1) is 23.5. The third-order valence-electron chi connectivity index (χ3n) is 7.22. The van der Waals surface area contributed by atoms with Gasteiger partial charge in [0.25, 0.3) is 0 Å². The molecule has 0 fully saturated rings. The third kappa shape index (κ3) is 4.21. The number of pyridine rings is 1. The number of H-pyrrole nitrogens is 1. The van der Waals surface area contributed by atoms with E-state index < -0.39 is 5.60 Å². The number of fused-ring (bicyclic) bond motifs is 2. The van der Waals surface area contributed by atoms with Gasteiger partial charge in [0.05, 0.1) is 11.6 Å². The Bertz CT molecular complexity index is 1600. The van der Waals surface area contributed by atoms with Crippen LogP contribution in [0.5, 0.6) is 0 Å². The summed E-state index contributed by atoms with van der Waals surface area (Å²) in [6, 6.07) is 17.2. The second-order valence-corrected chi connectivity index (χ2v) is 10.6. The largest absolute Gasteiger partial charge is 0.390 e. The van der Waals surface area contributed by atoms with Crippen LogP contribution in [0.1, 0.15) is 61.4 Å². The lowest BCUT2D eigenvalue weighted by atomic mass is 9.96. The number of imidazole rings is 1. The average Bonchev–Trinajstić information content (AvgIpc) is 3.61. The quantitative estimate of drug-likeness (QED) is 0.345. The highest BCUT2D eigenvalue weighted by Crippen LogP contribution is 2.40. The number of nitrogens with one attached hydrogen (secondary N) is 1. The SMILES string of the molecule is CCc1nc2c(C)cc(CC(C)(C)O)nc2n1C1CCc2cc(-c3ccccc3-c3nn[nH]n3)ccc21. The monoisotopic (exact) mass is 493 g/mol. The molecule has 1 unspecified atom stereocenters. The van der Waals surface area contributed by atoms with Gasteiger partial charge in [-0.05, 0) is 72.7 Å². The lowest BCUT2D eigenvalue weighted by Gasteiger charge is -2.19. The summed E-state index contributed by atoms with van der Waals surface area (Å²) < 4.78 is 2.34. The molecule has 5 aromatic rings. The van der Waals surface area contributed by atoms with Crippen LogP contribution < -0.4 is 0 Å². The van der Waals surface area contributed by atoms with Crippen molar-refractivity contribution in [2.75, 3.05) is 0 Å². The van der Waals surface area contributed by atoms with Gasteiger partial charge in [0.15, 0.2) is 5.65 Å². The minimum Gasteiger partial charge on any atom is -0.390 e. The molecule has 0 saturated carbocycles. The number of nitrogens with zero attached hydrogens (tertiary/aromatic N) is 6. The molecule has 8 heteroatoms. The number of hydrogen-bond donors (Lipinski definition) is 2. The molecule has 0 spiro atoms. The normalized spacial score (nSPS) is 15.4. The Balaban J connectivity index is 1.44. The van der Waals surface area contributed by atoms with E-state index in [-0.39, 0.29) is 6.04 Å². The molecule has 0 radical (unpaired) electrons. The summed E-state index contributed by atoms with van der Waals surface area (Å²) in [5.41, 5.74) is 8.91. The summed E-state index contributed by atoms with van der Waals surface area (Å²) in [5.74, 6) is 1.64. The van der Waals surface area contributed by atoms with E-state index >= 15 is 0 Å². The number of benzene rings is 2. The van der Waals surface area contributed by atoms with Crippen LogP contribution in [0.3, 0.4) is 0 Å². The number of aromatic amines is 1. The molecule has 37 heavy (non-hydrogen) atoms. The maximum atomic E-state index is 10.4. The van der Waals surface area contributed by atoms with Crippen LogP contribution in [0.25, 0.3) is 33.7 Å². The van der Waals surface area contributed by atoms with Gasteiger partial charge in [0, 0.05) is 24.1 Å².